The zero-order valence-corrected chi connectivity index (χ0v) is 12.9. The third-order valence-electron chi connectivity index (χ3n) is 4.46. The lowest BCUT2D eigenvalue weighted by Crippen LogP contribution is -2.30. The van der Waals surface area contributed by atoms with Crippen LogP contribution in [0.25, 0.3) is 11.0 Å². The van der Waals surface area contributed by atoms with Crippen molar-refractivity contribution < 1.29 is 4.79 Å². The largest absolute Gasteiger partial charge is 0.332 e. The summed E-state index contributed by atoms with van der Waals surface area (Å²) in [7, 11) is 0. The second-order valence-corrected chi connectivity index (χ2v) is 5.87. The Morgan fingerprint density at radius 2 is 2.17 bits per heavy atom. The van der Waals surface area contributed by atoms with Crippen LogP contribution in [0.1, 0.15) is 40.5 Å². The van der Waals surface area contributed by atoms with Gasteiger partial charge in [-0.2, -0.15) is 5.10 Å². The molecule has 0 saturated carbocycles. The standard InChI is InChI=1S/C17H17N5O/c1-11-14-9-13(10-19-16(14)21-20-11)17(23)22-8-2-3-15(22)12-4-6-18-7-5-12/h4-7,9-10,15H,2-3,8H2,1H3,(H,19,20,21)/t15-/m1/s1. The molecule has 1 aliphatic heterocycles. The minimum absolute atomic E-state index is 0.0271. The lowest BCUT2D eigenvalue weighted by atomic mass is 10.1. The maximum absolute atomic E-state index is 12.9. The van der Waals surface area contributed by atoms with Crippen molar-refractivity contribution in [3.05, 3.63) is 53.6 Å². The van der Waals surface area contributed by atoms with Gasteiger partial charge in [0.15, 0.2) is 5.65 Å². The average molecular weight is 307 g/mol. The van der Waals surface area contributed by atoms with Gasteiger partial charge >= 0.3 is 0 Å². The number of nitrogens with zero attached hydrogens (tertiary/aromatic N) is 4. The van der Waals surface area contributed by atoms with Crippen LogP contribution in [0.4, 0.5) is 0 Å². The van der Waals surface area contributed by atoms with Crippen LogP contribution in [0, 0.1) is 6.92 Å². The Labute approximate surface area is 133 Å². The summed E-state index contributed by atoms with van der Waals surface area (Å²) in [5.74, 6) is 0.0271. The van der Waals surface area contributed by atoms with E-state index in [1.54, 1.807) is 18.6 Å². The molecule has 1 atom stereocenters. The van der Waals surface area contributed by atoms with E-state index in [1.165, 1.54) is 0 Å². The summed E-state index contributed by atoms with van der Waals surface area (Å²) in [6.45, 7) is 2.68. The van der Waals surface area contributed by atoms with Gasteiger partial charge in [-0.15, -0.1) is 0 Å². The molecular formula is C17H17N5O. The van der Waals surface area contributed by atoms with Crippen molar-refractivity contribution in [2.24, 2.45) is 0 Å². The molecule has 0 bridgehead atoms. The number of H-pyrrole nitrogens is 1. The molecule has 1 amide bonds. The SMILES string of the molecule is Cc1n[nH]c2ncc(C(=O)N3CCC[C@@H]3c3ccncc3)cc12. The zero-order valence-electron chi connectivity index (χ0n) is 12.9. The first-order valence-electron chi connectivity index (χ1n) is 7.75. The molecule has 116 valence electrons. The molecule has 6 nitrogen and oxygen atoms in total. The van der Waals surface area contributed by atoms with Crippen LogP contribution < -0.4 is 0 Å². The first-order chi connectivity index (χ1) is 11.2. The highest BCUT2D eigenvalue weighted by atomic mass is 16.2. The number of fused-ring (bicyclic) bond motifs is 1. The smallest absolute Gasteiger partial charge is 0.255 e. The summed E-state index contributed by atoms with van der Waals surface area (Å²) in [6.07, 6.45) is 7.18. The van der Waals surface area contributed by atoms with Gasteiger partial charge in [-0.1, -0.05) is 0 Å². The van der Waals surface area contributed by atoms with Crippen LogP contribution in [0.5, 0.6) is 0 Å². The molecule has 4 rings (SSSR count). The van der Waals surface area contributed by atoms with Crippen LogP contribution >= 0.6 is 0 Å². The molecule has 4 heterocycles. The number of aromatic amines is 1. The number of hydrogen-bond donors (Lipinski definition) is 1. The van der Waals surface area contributed by atoms with E-state index in [2.05, 4.69) is 20.2 Å². The first-order valence-corrected chi connectivity index (χ1v) is 7.75. The Balaban J connectivity index is 1.68. The van der Waals surface area contributed by atoms with Gasteiger partial charge in [0.1, 0.15) is 0 Å². The lowest BCUT2D eigenvalue weighted by molar-refractivity contribution is 0.0735. The molecule has 1 N–H and O–H groups in total. The van der Waals surface area contributed by atoms with Crippen molar-refractivity contribution in [1.82, 2.24) is 25.1 Å². The number of carbonyl (C=O) groups excluding carboxylic acids is 1. The summed E-state index contributed by atoms with van der Waals surface area (Å²) in [6, 6.07) is 5.97. The first kappa shape index (κ1) is 13.9. The minimum Gasteiger partial charge on any atom is -0.332 e. The maximum Gasteiger partial charge on any atom is 0.255 e. The van der Waals surface area contributed by atoms with E-state index in [0.717, 1.165) is 36.0 Å². The summed E-state index contributed by atoms with van der Waals surface area (Å²) >= 11 is 0. The minimum atomic E-state index is 0.0271. The van der Waals surface area contributed by atoms with Crippen LogP contribution in [-0.4, -0.2) is 37.5 Å². The number of carbonyl (C=O) groups is 1. The van der Waals surface area contributed by atoms with E-state index in [1.807, 2.05) is 30.0 Å². The van der Waals surface area contributed by atoms with Gasteiger partial charge in [0, 0.05) is 30.5 Å². The molecular weight excluding hydrogens is 290 g/mol. The van der Waals surface area contributed by atoms with Gasteiger partial charge < -0.3 is 4.90 Å². The van der Waals surface area contributed by atoms with Crippen molar-refractivity contribution >= 4 is 16.9 Å². The molecule has 0 spiro atoms. The van der Waals surface area contributed by atoms with Gasteiger partial charge in [0.05, 0.1) is 17.3 Å². The van der Waals surface area contributed by atoms with E-state index in [0.29, 0.717) is 11.2 Å². The number of aryl methyl sites for hydroxylation is 1. The van der Waals surface area contributed by atoms with Gasteiger partial charge in [-0.25, -0.2) is 4.98 Å². The van der Waals surface area contributed by atoms with E-state index in [-0.39, 0.29) is 11.9 Å². The quantitative estimate of drug-likeness (QED) is 0.789. The summed E-state index contributed by atoms with van der Waals surface area (Å²) < 4.78 is 0. The molecule has 1 saturated heterocycles. The number of aromatic nitrogens is 4. The number of amides is 1. The molecule has 23 heavy (non-hydrogen) atoms. The Bertz CT molecular complexity index is 858. The van der Waals surface area contributed by atoms with Crippen molar-refractivity contribution in [2.75, 3.05) is 6.54 Å². The van der Waals surface area contributed by atoms with E-state index in [9.17, 15) is 4.79 Å². The van der Waals surface area contributed by atoms with Crippen molar-refractivity contribution in [3.63, 3.8) is 0 Å². The summed E-state index contributed by atoms with van der Waals surface area (Å²) in [4.78, 5) is 23.3. The van der Waals surface area contributed by atoms with E-state index in [4.69, 9.17) is 0 Å². The zero-order chi connectivity index (χ0) is 15.8. The number of hydrogen-bond acceptors (Lipinski definition) is 4. The highest BCUT2D eigenvalue weighted by molar-refractivity contribution is 5.97. The van der Waals surface area contributed by atoms with Gasteiger partial charge in [0.2, 0.25) is 0 Å². The fourth-order valence-corrected chi connectivity index (χ4v) is 3.25. The van der Waals surface area contributed by atoms with Crippen LogP contribution in [0.15, 0.2) is 36.8 Å². The summed E-state index contributed by atoms with van der Waals surface area (Å²) in [5.41, 5.74) is 3.32. The predicted molar refractivity (Wildman–Crippen MR) is 85.9 cm³/mol. The second-order valence-electron chi connectivity index (χ2n) is 5.87. The highest BCUT2D eigenvalue weighted by Gasteiger charge is 2.30. The Morgan fingerprint density at radius 1 is 1.35 bits per heavy atom. The van der Waals surface area contributed by atoms with Crippen molar-refractivity contribution in [1.29, 1.82) is 0 Å². The molecule has 0 aromatic carbocycles. The van der Waals surface area contributed by atoms with Crippen molar-refractivity contribution in [3.8, 4) is 0 Å². The van der Waals surface area contributed by atoms with Gasteiger partial charge in [0.25, 0.3) is 5.91 Å². The summed E-state index contributed by atoms with van der Waals surface area (Å²) in [5, 5.41) is 7.90. The fraction of sp³-hybridized carbons (Fsp3) is 0.294. The number of rotatable bonds is 2. The maximum atomic E-state index is 12.9. The average Bonchev–Trinajstić information content (AvgIpc) is 3.22. The highest BCUT2D eigenvalue weighted by Crippen LogP contribution is 2.33. The van der Waals surface area contributed by atoms with Crippen LogP contribution in [0.3, 0.4) is 0 Å². The van der Waals surface area contributed by atoms with E-state index < -0.39 is 0 Å². The van der Waals surface area contributed by atoms with Crippen LogP contribution in [0.2, 0.25) is 0 Å². The topological polar surface area (TPSA) is 74.8 Å². The number of likely N-dealkylation sites (tertiary alicyclic amines) is 1. The molecule has 1 aliphatic rings. The third kappa shape index (κ3) is 2.36. The predicted octanol–water partition coefficient (Wildman–Crippen LogP) is 2.64. The third-order valence-corrected chi connectivity index (χ3v) is 4.46. The lowest BCUT2D eigenvalue weighted by Gasteiger charge is -2.25. The number of nitrogens with one attached hydrogen (secondary N) is 1. The molecule has 6 heteroatoms. The number of pyridine rings is 2. The van der Waals surface area contributed by atoms with Crippen molar-refractivity contribution in [2.45, 2.75) is 25.8 Å². The Kier molecular flexibility index (Phi) is 3.29. The van der Waals surface area contributed by atoms with Crippen LogP contribution in [-0.2, 0) is 0 Å². The molecule has 3 aromatic heterocycles. The molecule has 3 aromatic rings. The molecule has 0 unspecified atom stereocenters. The molecule has 0 aliphatic carbocycles. The van der Waals surface area contributed by atoms with Gasteiger partial charge in [-0.3, -0.25) is 14.9 Å². The Hall–Kier alpha value is -2.76. The Morgan fingerprint density at radius 3 is 3.00 bits per heavy atom. The van der Waals surface area contributed by atoms with Gasteiger partial charge in [-0.05, 0) is 43.5 Å². The monoisotopic (exact) mass is 307 g/mol. The second kappa shape index (κ2) is 5.46. The normalized spacial score (nSPS) is 17.8. The molecule has 1 fully saturated rings. The molecule has 0 radical (unpaired) electrons. The fourth-order valence-electron chi connectivity index (χ4n) is 3.25. The van der Waals surface area contributed by atoms with E-state index >= 15 is 0 Å².